The predicted octanol–water partition coefficient (Wildman–Crippen LogP) is 0.262. The number of hydrogen-bond acceptors (Lipinski definition) is 3. The third-order valence-corrected chi connectivity index (χ3v) is 1.55. The van der Waals surface area contributed by atoms with Crippen LogP contribution in [0, 0.1) is 5.92 Å². The maximum atomic E-state index is 9.26. The topological polar surface area (TPSA) is 35.8 Å². The molecule has 0 aromatic carbocycles. The van der Waals surface area contributed by atoms with Crippen molar-refractivity contribution >= 4 is 6.21 Å². The lowest BCUT2D eigenvalue weighted by Gasteiger charge is -2.18. The van der Waals surface area contributed by atoms with E-state index in [-0.39, 0.29) is 5.92 Å². The van der Waals surface area contributed by atoms with Crippen molar-refractivity contribution in [1.29, 1.82) is 0 Å². The minimum atomic E-state index is -0.394. The van der Waals surface area contributed by atoms with E-state index < -0.39 is 6.23 Å². The van der Waals surface area contributed by atoms with Crippen LogP contribution in [0.15, 0.2) is 5.10 Å². The number of hydrazone groups is 1. The van der Waals surface area contributed by atoms with Gasteiger partial charge < -0.3 is 5.11 Å². The van der Waals surface area contributed by atoms with Crippen LogP contribution in [-0.2, 0) is 0 Å². The Hall–Kier alpha value is -0.570. The first-order valence-corrected chi connectivity index (χ1v) is 3.24. The van der Waals surface area contributed by atoms with E-state index in [4.69, 9.17) is 0 Å². The summed E-state index contributed by atoms with van der Waals surface area (Å²) >= 11 is 0. The molecule has 52 valence electrons. The first kappa shape index (κ1) is 6.55. The Morgan fingerprint density at radius 1 is 1.78 bits per heavy atom. The van der Waals surface area contributed by atoms with Crippen molar-refractivity contribution in [2.75, 3.05) is 6.54 Å². The molecule has 0 aromatic rings. The molecule has 3 nitrogen and oxygen atoms in total. The Balaban J connectivity index is 2.51. The van der Waals surface area contributed by atoms with Crippen LogP contribution < -0.4 is 0 Å². The van der Waals surface area contributed by atoms with Gasteiger partial charge in [0, 0.05) is 18.7 Å². The summed E-state index contributed by atoms with van der Waals surface area (Å²) in [6.45, 7) is 4.70. The number of rotatable bonds is 1. The van der Waals surface area contributed by atoms with Gasteiger partial charge in [-0.25, -0.2) is 0 Å². The van der Waals surface area contributed by atoms with E-state index in [1.165, 1.54) is 0 Å². The first-order valence-electron chi connectivity index (χ1n) is 3.24. The third-order valence-electron chi connectivity index (χ3n) is 1.55. The van der Waals surface area contributed by atoms with Crippen LogP contribution in [-0.4, -0.2) is 29.1 Å². The molecule has 2 unspecified atom stereocenters. The SMILES string of the molecule is CCN1N=CC(C)C1O. The van der Waals surface area contributed by atoms with Crippen molar-refractivity contribution in [3.05, 3.63) is 0 Å². The van der Waals surface area contributed by atoms with Gasteiger partial charge in [0.25, 0.3) is 0 Å². The molecule has 1 heterocycles. The zero-order chi connectivity index (χ0) is 6.85. The summed E-state index contributed by atoms with van der Waals surface area (Å²) in [4.78, 5) is 0. The fraction of sp³-hybridized carbons (Fsp3) is 0.833. The summed E-state index contributed by atoms with van der Waals surface area (Å²) in [7, 11) is 0. The third kappa shape index (κ3) is 1.05. The van der Waals surface area contributed by atoms with Crippen LogP contribution in [0.2, 0.25) is 0 Å². The van der Waals surface area contributed by atoms with Crippen molar-refractivity contribution in [3.63, 3.8) is 0 Å². The van der Waals surface area contributed by atoms with Gasteiger partial charge >= 0.3 is 0 Å². The van der Waals surface area contributed by atoms with Crippen molar-refractivity contribution < 1.29 is 5.11 Å². The summed E-state index contributed by atoms with van der Waals surface area (Å²) in [6.07, 6.45) is 1.38. The second-order valence-corrected chi connectivity index (χ2v) is 2.29. The molecule has 1 N–H and O–H groups in total. The Morgan fingerprint density at radius 3 is 2.67 bits per heavy atom. The van der Waals surface area contributed by atoms with E-state index in [0.717, 1.165) is 6.54 Å². The predicted molar refractivity (Wildman–Crippen MR) is 36.0 cm³/mol. The van der Waals surface area contributed by atoms with Gasteiger partial charge in [-0.15, -0.1) is 0 Å². The summed E-state index contributed by atoms with van der Waals surface area (Å²) < 4.78 is 0. The van der Waals surface area contributed by atoms with E-state index in [2.05, 4.69) is 5.10 Å². The molecule has 0 spiro atoms. The van der Waals surface area contributed by atoms with Crippen molar-refractivity contribution in [1.82, 2.24) is 5.01 Å². The molecule has 9 heavy (non-hydrogen) atoms. The molecule has 0 saturated heterocycles. The normalized spacial score (nSPS) is 33.9. The molecule has 1 aliphatic rings. The van der Waals surface area contributed by atoms with Crippen LogP contribution >= 0.6 is 0 Å². The average molecular weight is 128 g/mol. The van der Waals surface area contributed by atoms with Gasteiger partial charge in [0.1, 0.15) is 6.23 Å². The Bertz CT molecular complexity index is 124. The first-order chi connectivity index (χ1) is 4.25. The zero-order valence-corrected chi connectivity index (χ0v) is 5.78. The van der Waals surface area contributed by atoms with Gasteiger partial charge in [-0.2, -0.15) is 5.10 Å². The van der Waals surface area contributed by atoms with Crippen LogP contribution in [0.4, 0.5) is 0 Å². The van der Waals surface area contributed by atoms with Crippen LogP contribution in [0.5, 0.6) is 0 Å². The molecule has 0 radical (unpaired) electrons. The molecule has 1 aliphatic heterocycles. The van der Waals surface area contributed by atoms with E-state index in [1.807, 2.05) is 13.8 Å². The van der Waals surface area contributed by atoms with Crippen LogP contribution in [0.3, 0.4) is 0 Å². The molecule has 0 amide bonds. The maximum Gasteiger partial charge on any atom is 0.150 e. The highest BCUT2D eigenvalue weighted by atomic mass is 16.3. The van der Waals surface area contributed by atoms with E-state index in [0.29, 0.717) is 0 Å². The lowest BCUT2D eigenvalue weighted by atomic mass is 10.2. The highest BCUT2D eigenvalue weighted by molar-refractivity contribution is 5.62. The molecule has 0 aromatic heterocycles. The average Bonchev–Trinajstić information content (AvgIpc) is 2.15. The van der Waals surface area contributed by atoms with Crippen molar-refractivity contribution in [2.45, 2.75) is 20.1 Å². The molecule has 0 aliphatic carbocycles. The minimum Gasteiger partial charge on any atom is -0.371 e. The van der Waals surface area contributed by atoms with Crippen molar-refractivity contribution in [3.8, 4) is 0 Å². The largest absolute Gasteiger partial charge is 0.371 e. The van der Waals surface area contributed by atoms with Crippen molar-refractivity contribution in [2.24, 2.45) is 11.0 Å². The lowest BCUT2D eigenvalue weighted by Crippen LogP contribution is -2.30. The number of aliphatic hydroxyl groups is 1. The Kier molecular flexibility index (Phi) is 1.71. The monoisotopic (exact) mass is 128 g/mol. The summed E-state index contributed by atoms with van der Waals surface area (Å²) in [5.74, 6) is 0.185. The fourth-order valence-electron chi connectivity index (χ4n) is 0.876. The number of aliphatic hydroxyl groups excluding tert-OH is 1. The van der Waals surface area contributed by atoms with Gasteiger partial charge in [0.05, 0.1) is 0 Å². The van der Waals surface area contributed by atoms with Gasteiger partial charge in [-0.3, -0.25) is 5.01 Å². The molecule has 0 fully saturated rings. The fourth-order valence-corrected chi connectivity index (χ4v) is 0.876. The highest BCUT2D eigenvalue weighted by Crippen LogP contribution is 2.12. The standard InChI is InChI=1S/C6H12N2O/c1-3-8-6(9)5(2)4-7-8/h4-6,9H,3H2,1-2H3. The summed E-state index contributed by atoms with van der Waals surface area (Å²) in [6, 6.07) is 0. The van der Waals surface area contributed by atoms with Gasteiger partial charge in [0.15, 0.2) is 0 Å². The second kappa shape index (κ2) is 2.35. The molecule has 3 heteroatoms. The zero-order valence-electron chi connectivity index (χ0n) is 5.78. The summed E-state index contributed by atoms with van der Waals surface area (Å²) in [5.41, 5.74) is 0. The lowest BCUT2D eigenvalue weighted by molar-refractivity contribution is 0.00532. The highest BCUT2D eigenvalue weighted by Gasteiger charge is 2.22. The Labute approximate surface area is 55.0 Å². The van der Waals surface area contributed by atoms with Crippen LogP contribution in [0.25, 0.3) is 0 Å². The van der Waals surface area contributed by atoms with E-state index in [1.54, 1.807) is 11.2 Å². The second-order valence-electron chi connectivity index (χ2n) is 2.29. The maximum absolute atomic E-state index is 9.26. The Morgan fingerprint density at radius 2 is 2.44 bits per heavy atom. The number of hydrogen-bond donors (Lipinski definition) is 1. The van der Waals surface area contributed by atoms with Gasteiger partial charge in [0.2, 0.25) is 0 Å². The quantitative estimate of drug-likeness (QED) is 0.550. The molecule has 2 atom stereocenters. The van der Waals surface area contributed by atoms with Crippen LogP contribution in [0.1, 0.15) is 13.8 Å². The molecule has 1 rings (SSSR count). The molecule has 0 bridgehead atoms. The molecule has 0 saturated carbocycles. The number of nitrogens with zero attached hydrogens (tertiary/aromatic N) is 2. The summed E-state index contributed by atoms with van der Waals surface area (Å²) in [5, 5.41) is 14.9. The minimum absolute atomic E-state index is 0.185. The van der Waals surface area contributed by atoms with E-state index >= 15 is 0 Å². The van der Waals surface area contributed by atoms with Gasteiger partial charge in [-0.05, 0) is 6.92 Å². The van der Waals surface area contributed by atoms with Gasteiger partial charge in [-0.1, -0.05) is 6.92 Å². The molecular formula is C6H12N2O. The smallest absolute Gasteiger partial charge is 0.150 e. The van der Waals surface area contributed by atoms with E-state index in [9.17, 15) is 5.11 Å². The molecular weight excluding hydrogens is 116 g/mol.